The van der Waals surface area contributed by atoms with Gasteiger partial charge in [0.05, 0.1) is 0 Å². The molecule has 0 unspecified atom stereocenters. The van der Waals surface area contributed by atoms with Crippen LogP contribution in [0.25, 0.3) is 6.08 Å². The fraction of sp³-hybridized carbons (Fsp3) is 0.176. The second-order valence-electron chi connectivity index (χ2n) is 4.92. The molecule has 6 heteroatoms. The molecule has 4 nitrogen and oxygen atoms in total. The molecule has 120 valence electrons. The third-order valence-corrected chi connectivity index (χ3v) is 4.46. The lowest BCUT2D eigenvalue weighted by atomic mass is 10.2. The average molecular weight is 350 g/mol. The second-order valence-corrected chi connectivity index (χ2v) is 6.28. The summed E-state index contributed by atoms with van der Waals surface area (Å²) >= 11 is 7.52. The SMILES string of the molecule is Cc1ccc(NC(=O)COC(=O)/C=C/c2sccc2C)cc1Cl. The van der Waals surface area contributed by atoms with E-state index in [1.165, 1.54) is 17.4 Å². The highest BCUT2D eigenvalue weighted by Gasteiger charge is 2.07. The number of anilines is 1. The van der Waals surface area contributed by atoms with Gasteiger partial charge in [-0.3, -0.25) is 4.79 Å². The maximum atomic E-state index is 11.7. The van der Waals surface area contributed by atoms with Crippen LogP contribution in [0.1, 0.15) is 16.0 Å². The van der Waals surface area contributed by atoms with E-state index in [1.54, 1.807) is 24.3 Å². The van der Waals surface area contributed by atoms with E-state index < -0.39 is 11.9 Å². The van der Waals surface area contributed by atoms with E-state index in [0.717, 1.165) is 16.0 Å². The smallest absolute Gasteiger partial charge is 0.331 e. The Hall–Kier alpha value is -2.11. The van der Waals surface area contributed by atoms with Gasteiger partial charge < -0.3 is 10.1 Å². The topological polar surface area (TPSA) is 55.4 Å². The molecule has 1 aromatic carbocycles. The Kier molecular flexibility index (Phi) is 5.96. The minimum absolute atomic E-state index is 0.349. The molecular formula is C17H16ClNO3S. The molecule has 0 aliphatic carbocycles. The van der Waals surface area contributed by atoms with Gasteiger partial charge >= 0.3 is 5.97 Å². The number of amides is 1. The molecule has 0 fully saturated rings. The zero-order chi connectivity index (χ0) is 16.8. The molecule has 0 bridgehead atoms. The van der Waals surface area contributed by atoms with Crippen LogP contribution in [0.15, 0.2) is 35.7 Å². The van der Waals surface area contributed by atoms with Crippen LogP contribution in [-0.4, -0.2) is 18.5 Å². The third-order valence-electron chi connectivity index (χ3n) is 3.07. The number of rotatable bonds is 5. The van der Waals surface area contributed by atoms with Gasteiger partial charge in [-0.05, 0) is 54.6 Å². The summed E-state index contributed by atoms with van der Waals surface area (Å²) in [5.41, 5.74) is 2.57. The number of hydrogen-bond acceptors (Lipinski definition) is 4. The van der Waals surface area contributed by atoms with Crippen molar-refractivity contribution in [3.05, 3.63) is 56.7 Å². The van der Waals surface area contributed by atoms with Gasteiger partial charge in [-0.25, -0.2) is 4.79 Å². The van der Waals surface area contributed by atoms with Gasteiger partial charge in [-0.2, -0.15) is 0 Å². The monoisotopic (exact) mass is 349 g/mol. The second kappa shape index (κ2) is 7.94. The lowest BCUT2D eigenvalue weighted by Gasteiger charge is -2.06. The van der Waals surface area contributed by atoms with Crippen molar-refractivity contribution in [3.63, 3.8) is 0 Å². The van der Waals surface area contributed by atoms with Crippen molar-refractivity contribution in [2.45, 2.75) is 13.8 Å². The van der Waals surface area contributed by atoms with Crippen LogP contribution in [0.4, 0.5) is 5.69 Å². The molecule has 0 saturated carbocycles. The van der Waals surface area contributed by atoms with E-state index >= 15 is 0 Å². The maximum absolute atomic E-state index is 11.7. The number of esters is 1. The van der Waals surface area contributed by atoms with Crippen LogP contribution in [0.5, 0.6) is 0 Å². The highest BCUT2D eigenvalue weighted by molar-refractivity contribution is 7.11. The average Bonchev–Trinajstić information content (AvgIpc) is 2.92. The van der Waals surface area contributed by atoms with E-state index in [2.05, 4.69) is 5.32 Å². The van der Waals surface area contributed by atoms with Gasteiger partial charge in [0.1, 0.15) is 0 Å². The summed E-state index contributed by atoms with van der Waals surface area (Å²) in [6, 6.07) is 7.16. The highest BCUT2D eigenvalue weighted by atomic mass is 35.5. The Morgan fingerprint density at radius 1 is 1.26 bits per heavy atom. The predicted molar refractivity (Wildman–Crippen MR) is 93.9 cm³/mol. The minimum Gasteiger partial charge on any atom is -0.452 e. The van der Waals surface area contributed by atoms with Crippen molar-refractivity contribution in [1.82, 2.24) is 0 Å². The molecule has 2 aromatic rings. The number of benzene rings is 1. The lowest BCUT2D eigenvalue weighted by Crippen LogP contribution is -2.20. The number of aryl methyl sites for hydroxylation is 2. The van der Waals surface area contributed by atoms with Crippen LogP contribution in [0.2, 0.25) is 5.02 Å². The van der Waals surface area contributed by atoms with E-state index in [0.29, 0.717) is 10.7 Å². The van der Waals surface area contributed by atoms with E-state index in [4.69, 9.17) is 16.3 Å². The summed E-state index contributed by atoms with van der Waals surface area (Å²) < 4.78 is 4.90. The molecule has 0 spiro atoms. The lowest BCUT2D eigenvalue weighted by molar-refractivity contribution is -0.142. The minimum atomic E-state index is -0.560. The number of thiophene rings is 1. The van der Waals surface area contributed by atoms with Crippen molar-refractivity contribution in [3.8, 4) is 0 Å². The van der Waals surface area contributed by atoms with E-state index in [-0.39, 0.29) is 6.61 Å². The molecule has 2 rings (SSSR count). The van der Waals surface area contributed by atoms with Gasteiger partial charge in [-0.15, -0.1) is 11.3 Å². The van der Waals surface area contributed by atoms with Crippen LogP contribution in [-0.2, 0) is 14.3 Å². The summed E-state index contributed by atoms with van der Waals surface area (Å²) in [6.07, 6.45) is 2.99. The summed E-state index contributed by atoms with van der Waals surface area (Å²) in [5.74, 6) is -0.978. The fourth-order valence-electron chi connectivity index (χ4n) is 1.75. The maximum Gasteiger partial charge on any atom is 0.331 e. The number of halogens is 1. The molecule has 1 amide bonds. The summed E-state index contributed by atoms with van der Waals surface area (Å²) in [7, 11) is 0. The number of carbonyl (C=O) groups is 2. The zero-order valence-corrected chi connectivity index (χ0v) is 14.3. The quantitative estimate of drug-likeness (QED) is 0.649. The van der Waals surface area contributed by atoms with Crippen molar-refractivity contribution < 1.29 is 14.3 Å². The van der Waals surface area contributed by atoms with Crippen molar-refractivity contribution >= 4 is 46.6 Å². The van der Waals surface area contributed by atoms with Crippen molar-refractivity contribution in [2.75, 3.05) is 11.9 Å². The summed E-state index contributed by atoms with van der Waals surface area (Å²) in [6.45, 7) is 3.48. The first-order chi connectivity index (χ1) is 11.0. The molecule has 0 aliphatic heterocycles. The first kappa shape index (κ1) is 17.2. The molecule has 1 heterocycles. The number of hydrogen-bond donors (Lipinski definition) is 1. The Balaban J connectivity index is 1.82. The third kappa shape index (κ3) is 5.23. The Bertz CT molecular complexity index is 752. The van der Waals surface area contributed by atoms with Gasteiger partial charge in [-0.1, -0.05) is 17.7 Å². The van der Waals surface area contributed by atoms with Gasteiger partial charge in [0, 0.05) is 21.7 Å². The zero-order valence-electron chi connectivity index (χ0n) is 12.8. The first-order valence-electron chi connectivity index (χ1n) is 6.90. The fourth-order valence-corrected chi connectivity index (χ4v) is 2.75. The Morgan fingerprint density at radius 2 is 2.04 bits per heavy atom. The number of ether oxygens (including phenoxy) is 1. The normalized spacial score (nSPS) is 10.7. The van der Waals surface area contributed by atoms with Crippen LogP contribution >= 0.6 is 22.9 Å². The molecule has 0 atom stereocenters. The van der Waals surface area contributed by atoms with Gasteiger partial charge in [0.15, 0.2) is 6.61 Å². The largest absolute Gasteiger partial charge is 0.452 e. The van der Waals surface area contributed by atoms with Gasteiger partial charge in [0.25, 0.3) is 5.91 Å². The van der Waals surface area contributed by atoms with Crippen LogP contribution < -0.4 is 5.32 Å². The summed E-state index contributed by atoms with van der Waals surface area (Å²) in [5, 5.41) is 5.13. The van der Waals surface area contributed by atoms with Crippen molar-refractivity contribution in [2.24, 2.45) is 0 Å². The summed E-state index contributed by atoms with van der Waals surface area (Å²) in [4.78, 5) is 24.3. The number of carbonyl (C=O) groups excluding carboxylic acids is 2. The van der Waals surface area contributed by atoms with Gasteiger partial charge in [0.2, 0.25) is 0 Å². The van der Waals surface area contributed by atoms with Crippen LogP contribution in [0, 0.1) is 13.8 Å². The number of nitrogens with one attached hydrogen (secondary N) is 1. The first-order valence-corrected chi connectivity index (χ1v) is 8.16. The highest BCUT2D eigenvalue weighted by Crippen LogP contribution is 2.20. The standard InChI is InChI=1S/C17H16ClNO3S/c1-11-3-4-13(9-14(11)18)19-16(20)10-22-17(21)6-5-15-12(2)7-8-23-15/h3-9H,10H2,1-2H3,(H,19,20)/b6-5+. The van der Waals surface area contributed by atoms with E-state index in [9.17, 15) is 9.59 Å². The predicted octanol–water partition coefficient (Wildman–Crippen LogP) is 4.21. The molecule has 1 N–H and O–H groups in total. The molecule has 0 radical (unpaired) electrons. The molecule has 0 aliphatic rings. The molecule has 0 saturated heterocycles. The van der Waals surface area contributed by atoms with Crippen molar-refractivity contribution in [1.29, 1.82) is 0 Å². The van der Waals surface area contributed by atoms with Crippen LogP contribution in [0.3, 0.4) is 0 Å². The van der Waals surface area contributed by atoms with E-state index in [1.807, 2.05) is 25.3 Å². The Labute approximate surface area is 143 Å². The molecular weight excluding hydrogens is 334 g/mol. The Morgan fingerprint density at radius 3 is 2.70 bits per heavy atom. The molecule has 1 aromatic heterocycles. The molecule has 23 heavy (non-hydrogen) atoms.